The molecule has 0 aromatic heterocycles. The molecule has 0 heterocycles. The zero-order valence-electron chi connectivity index (χ0n) is 41.2. The van der Waals surface area contributed by atoms with E-state index >= 15 is 0 Å². The quantitative estimate of drug-likeness (QED) is 0.0268. The van der Waals surface area contributed by atoms with Crippen LogP contribution in [0.2, 0.25) is 0 Å². The van der Waals surface area contributed by atoms with Crippen molar-refractivity contribution in [2.24, 2.45) is 5.73 Å². The minimum Gasteiger partial charge on any atom is -0.457 e. The molecular weight excluding hydrogens is 818 g/mol. The molecule has 370 valence electrons. The molecule has 0 aliphatic rings. The van der Waals surface area contributed by atoms with E-state index in [1.165, 1.54) is 116 Å². The number of phosphoric acid groups is 1. The van der Waals surface area contributed by atoms with Gasteiger partial charge in [0.2, 0.25) is 0 Å². The summed E-state index contributed by atoms with van der Waals surface area (Å²) in [6, 6.07) is 0. The van der Waals surface area contributed by atoms with Crippen molar-refractivity contribution in [2.45, 2.75) is 225 Å². The molecule has 2 atom stereocenters. The van der Waals surface area contributed by atoms with Crippen LogP contribution in [-0.4, -0.2) is 49.9 Å². The number of ether oxygens (including phenoxy) is 2. The van der Waals surface area contributed by atoms with E-state index < -0.39 is 13.9 Å². The van der Waals surface area contributed by atoms with Gasteiger partial charge in [0.15, 0.2) is 0 Å². The highest BCUT2D eigenvalue weighted by Gasteiger charge is 2.25. The van der Waals surface area contributed by atoms with Gasteiger partial charge in [-0.3, -0.25) is 13.8 Å². The summed E-state index contributed by atoms with van der Waals surface area (Å²) < 4.78 is 33.6. The van der Waals surface area contributed by atoms with Crippen LogP contribution in [-0.2, 0) is 27.9 Å². The van der Waals surface area contributed by atoms with Gasteiger partial charge in [-0.05, 0) is 89.9 Å². The predicted octanol–water partition coefficient (Wildman–Crippen LogP) is 16.4. The summed E-state index contributed by atoms with van der Waals surface area (Å²) in [6.07, 6.45) is 67.6. The molecule has 0 saturated carbocycles. The third kappa shape index (κ3) is 50.7. The van der Waals surface area contributed by atoms with Crippen molar-refractivity contribution in [3.05, 3.63) is 85.1 Å². The van der Waals surface area contributed by atoms with Crippen molar-refractivity contribution in [1.82, 2.24) is 0 Å². The Balaban J connectivity index is 3.99. The second-order valence-corrected chi connectivity index (χ2v) is 18.5. The Bertz CT molecular complexity index is 1260. The number of carbonyl (C=O) groups excluding carboxylic acids is 1. The summed E-state index contributed by atoms with van der Waals surface area (Å²) in [5.41, 5.74) is 5.39. The van der Waals surface area contributed by atoms with Gasteiger partial charge in [-0.25, -0.2) is 4.57 Å². The number of allylic oxidation sites excluding steroid dienone is 14. The van der Waals surface area contributed by atoms with Gasteiger partial charge >= 0.3 is 13.8 Å². The fourth-order valence-electron chi connectivity index (χ4n) is 7.00. The molecule has 0 bridgehead atoms. The first-order valence-corrected chi connectivity index (χ1v) is 27.6. The fourth-order valence-corrected chi connectivity index (χ4v) is 7.76. The van der Waals surface area contributed by atoms with Crippen LogP contribution < -0.4 is 5.73 Å². The molecule has 9 heteroatoms. The monoisotopic (exact) mass is 916 g/mol. The Morgan fingerprint density at radius 2 is 0.875 bits per heavy atom. The van der Waals surface area contributed by atoms with E-state index in [2.05, 4.69) is 98.9 Å². The second kappa shape index (κ2) is 51.7. The molecule has 0 aliphatic carbocycles. The van der Waals surface area contributed by atoms with Crippen molar-refractivity contribution in [3.8, 4) is 0 Å². The van der Waals surface area contributed by atoms with Gasteiger partial charge in [0, 0.05) is 19.6 Å². The molecule has 0 aliphatic heterocycles. The van der Waals surface area contributed by atoms with E-state index in [1.54, 1.807) is 0 Å². The molecule has 2 unspecified atom stereocenters. The summed E-state index contributed by atoms with van der Waals surface area (Å²) in [5.74, 6) is -0.340. The van der Waals surface area contributed by atoms with Crippen LogP contribution in [0.5, 0.6) is 0 Å². The lowest BCUT2D eigenvalue weighted by molar-refractivity contribution is -0.154. The average Bonchev–Trinajstić information content (AvgIpc) is 3.29. The van der Waals surface area contributed by atoms with E-state index in [1.807, 2.05) is 0 Å². The van der Waals surface area contributed by atoms with E-state index in [-0.39, 0.29) is 32.3 Å². The fraction of sp³-hybridized carbons (Fsp3) is 0.727. The Hall–Kier alpha value is -2.32. The van der Waals surface area contributed by atoms with Gasteiger partial charge in [0.05, 0.1) is 19.8 Å². The van der Waals surface area contributed by atoms with Crippen LogP contribution in [0.15, 0.2) is 85.1 Å². The van der Waals surface area contributed by atoms with E-state index in [4.69, 9.17) is 24.3 Å². The van der Waals surface area contributed by atoms with Crippen molar-refractivity contribution >= 4 is 13.8 Å². The summed E-state index contributed by atoms with van der Waals surface area (Å²) in [5, 5.41) is 0. The molecule has 0 rings (SSSR count). The molecule has 0 spiro atoms. The SMILES string of the molecule is CC/C=C\C/C=C\C/C=C\C/C=C\C/C=C\CCCCCCCCOCC(COP(=O)(O)OCCN)OC(=O)CCCCCCCCCCCCC/C=C\C/C=C\CCCCCCC. The van der Waals surface area contributed by atoms with Gasteiger partial charge in [0.25, 0.3) is 0 Å². The first-order chi connectivity index (χ1) is 31.4. The van der Waals surface area contributed by atoms with Gasteiger partial charge in [-0.15, -0.1) is 0 Å². The molecule has 3 N–H and O–H groups in total. The maximum Gasteiger partial charge on any atom is 0.472 e. The normalized spacial score (nSPS) is 14.0. The molecule has 0 amide bonds. The number of hydrogen-bond acceptors (Lipinski definition) is 7. The first-order valence-electron chi connectivity index (χ1n) is 26.1. The lowest BCUT2D eigenvalue weighted by Crippen LogP contribution is -2.28. The van der Waals surface area contributed by atoms with Crippen LogP contribution >= 0.6 is 7.82 Å². The van der Waals surface area contributed by atoms with Crippen LogP contribution in [0.25, 0.3) is 0 Å². The van der Waals surface area contributed by atoms with E-state index in [9.17, 15) is 14.3 Å². The standard InChI is InChI=1S/C55H98NO7P/c1-3-5-7-9-11-13-15-17-19-21-23-25-27-28-30-32-34-36-38-40-42-44-46-48-55(57)63-54(53-62-64(58,59)61-51-49-56)52-60-50-47-45-43-41-39-37-35-33-31-29-26-24-22-20-18-16-14-12-10-8-6-4-2/h6,8,12,14-15,17-18,20-21,23-24,26,31,33,54H,3-5,7,9-11,13,16,19,22,25,27-30,32,34-53,56H2,1-2H3,(H,58,59)/b8-6-,14-12-,17-15-,20-18-,23-21-,26-24-,33-31-. The topological polar surface area (TPSA) is 117 Å². The molecular formula is C55H98NO7P. The molecule has 0 radical (unpaired) electrons. The Kier molecular flexibility index (Phi) is 49.8. The number of rotatable bonds is 49. The lowest BCUT2D eigenvalue weighted by atomic mass is 10.0. The van der Waals surface area contributed by atoms with Crippen LogP contribution in [0, 0.1) is 0 Å². The van der Waals surface area contributed by atoms with Crippen molar-refractivity contribution in [1.29, 1.82) is 0 Å². The molecule has 0 aromatic rings. The maximum atomic E-state index is 12.7. The summed E-state index contributed by atoms with van der Waals surface area (Å²) in [4.78, 5) is 22.6. The largest absolute Gasteiger partial charge is 0.472 e. The van der Waals surface area contributed by atoms with Crippen molar-refractivity contribution in [3.63, 3.8) is 0 Å². The van der Waals surface area contributed by atoms with Gasteiger partial charge < -0.3 is 20.1 Å². The zero-order valence-corrected chi connectivity index (χ0v) is 42.1. The Labute approximate surface area is 394 Å². The molecule has 8 nitrogen and oxygen atoms in total. The number of nitrogens with two attached hydrogens (primary N) is 1. The third-order valence-electron chi connectivity index (χ3n) is 10.8. The zero-order chi connectivity index (χ0) is 46.5. The Morgan fingerprint density at radius 3 is 1.31 bits per heavy atom. The van der Waals surface area contributed by atoms with Crippen LogP contribution in [0.3, 0.4) is 0 Å². The highest BCUT2D eigenvalue weighted by atomic mass is 31.2. The number of esters is 1. The van der Waals surface area contributed by atoms with Crippen LogP contribution in [0.4, 0.5) is 0 Å². The highest BCUT2D eigenvalue weighted by Crippen LogP contribution is 2.43. The highest BCUT2D eigenvalue weighted by molar-refractivity contribution is 7.47. The summed E-state index contributed by atoms with van der Waals surface area (Å²) >= 11 is 0. The minimum atomic E-state index is -4.29. The smallest absolute Gasteiger partial charge is 0.457 e. The number of phosphoric ester groups is 1. The van der Waals surface area contributed by atoms with Gasteiger partial charge in [-0.2, -0.15) is 0 Å². The number of carbonyl (C=O) groups is 1. The van der Waals surface area contributed by atoms with Gasteiger partial charge in [0.1, 0.15) is 6.10 Å². The predicted molar refractivity (Wildman–Crippen MR) is 275 cm³/mol. The summed E-state index contributed by atoms with van der Waals surface area (Å²) in [7, 11) is -4.29. The van der Waals surface area contributed by atoms with Crippen molar-refractivity contribution < 1.29 is 32.8 Å². The third-order valence-corrected chi connectivity index (χ3v) is 11.8. The molecule has 64 heavy (non-hydrogen) atoms. The molecule has 0 saturated heterocycles. The number of hydrogen-bond donors (Lipinski definition) is 2. The van der Waals surface area contributed by atoms with E-state index in [0.717, 1.165) is 83.5 Å². The number of unbranched alkanes of at least 4 members (excludes halogenated alkanes) is 22. The molecule has 0 fully saturated rings. The first kappa shape index (κ1) is 61.7. The van der Waals surface area contributed by atoms with Crippen LogP contribution in [0.1, 0.15) is 219 Å². The average molecular weight is 916 g/mol. The maximum absolute atomic E-state index is 12.7. The summed E-state index contributed by atoms with van der Waals surface area (Å²) in [6.45, 7) is 4.76. The lowest BCUT2D eigenvalue weighted by Gasteiger charge is -2.20. The Morgan fingerprint density at radius 1 is 0.484 bits per heavy atom. The van der Waals surface area contributed by atoms with E-state index in [0.29, 0.717) is 13.0 Å². The minimum absolute atomic E-state index is 0.0933. The second-order valence-electron chi connectivity index (χ2n) is 17.0. The molecule has 0 aromatic carbocycles. The van der Waals surface area contributed by atoms with Crippen molar-refractivity contribution in [2.75, 3.05) is 33.0 Å². The van der Waals surface area contributed by atoms with Gasteiger partial charge in [-0.1, -0.05) is 208 Å².